The van der Waals surface area contributed by atoms with Gasteiger partial charge in [-0.3, -0.25) is 14.9 Å². The van der Waals surface area contributed by atoms with Crippen LogP contribution in [0.4, 0.5) is 5.69 Å². The number of non-ortho nitro benzene ring substituents is 1. The Morgan fingerprint density at radius 1 is 0.933 bits per heavy atom. The molecule has 0 aliphatic heterocycles. The van der Waals surface area contributed by atoms with Gasteiger partial charge in [0, 0.05) is 22.7 Å². The van der Waals surface area contributed by atoms with Crippen LogP contribution in [0.5, 0.6) is 0 Å². The van der Waals surface area contributed by atoms with Gasteiger partial charge in [-0.15, -0.1) is 0 Å². The van der Waals surface area contributed by atoms with Crippen molar-refractivity contribution in [2.45, 2.75) is 38.0 Å². The summed E-state index contributed by atoms with van der Waals surface area (Å²) in [4.78, 5) is 24.2. The molecule has 150 valence electrons. The highest BCUT2D eigenvalue weighted by molar-refractivity contribution is 6.30. The van der Waals surface area contributed by atoms with Crippen molar-refractivity contribution in [3.05, 3.63) is 97.6 Å². The van der Waals surface area contributed by atoms with Crippen molar-refractivity contribution in [3.8, 4) is 11.1 Å². The zero-order chi connectivity index (χ0) is 20.8. The monoisotopic (exact) mass is 417 g/mol. The smallest absolute Gasteiger partial charge is 0.269 e. The van der Waals surface area contributed by atoms with Gasteiger partial charge in [0.05, 0.1) is 10.8 Å². The van der Waals surface area contributed by atoms with Crippen LogP contribution in [0.3, 0.4) is 0 Å². The molecule has 5 heteroatoms. The average Bonchev–Trinajstić information content (AvgIpc) is 2.77. The van der Waals surface area contributed by atoms with E-state index in [0.717, 1.165) is 41.5 Å². The molecule has 0 saturated carbocycles. The maximum atomic E-state index is 13.6. The predicted molar refractivity (Wildman–Crippen MR) is 117 cm³/mol. The lowest BCUT2D eigenvalue weighted by atomic mass is 9.71. The van der Waals surface area contributed by atoms with E-state index in [1.54, 1.807) is 12.1 Å². The molecule has 0 heterocycles. The SMILES string of the molecule is O=C(c1ccc([N+](=O)[O-])cc1)C1Cc2cc(Cl)ccc2-c2ccc3c(c21)CCCC3. The molecule has 0 N–H and O–H groups in total. The van der Waals surface area contributed by atoms with Crippen molar-refractivity contribution in [3.63, 3.8) is 0 Å². The Labute approximate surface area is 179 Å². The van der Waals surface area contributed by atoms with Crippen LogP contribution in [0.25, 0.3) is 11.1 Å². The number of rotatable bonds is 3. The number of hydrogen-bond acceptors (Lipinski definition) is 3. The lowest BCUT2D eigenvalue weighted by molar-refractivity contribution is -0.384. The molecule has 2 aliphatic rings. The average molecular weight is 418 g/mol. The number of ketones is 1. The summed E-state index contributed by atoms with van der Waals surface area (Å²) in [6.07, 6.45) is 4.95. The highest BCUT2D eigenvalue weighted by Crippen LogP contribution is 2.45. The van der Waals surface area contributed by atoms with E-state index in [0.29, 0.717) is 17.0 Å². The summed E-state index contributed by atoms with van der Waals surface area (Å²) in [6.45, 7) is 0. The highest BCUT2D eigenvalue weighted by Gasteiger charge is 2.34. The summed E-state index contributed by atoms with van der Waals surface area (Å²) >= 11 is 6.26. The van der Waals surface area contributed by atoms with Gasteiger partial charge in [0.15, 0.2) is 5.78 Å². The zero-order valence-corrected chi connectivity index (χ0v) is 17.1. The van der Waals surface area contributed by atoms with E-state index in [4.69, 9.17) is 11.6 Å². The number of carbonyl (C=O) groups is 1. The summed E-state index contributed by atoms with van der Waals surface area (Å²) in [5, 5.41) is 11.6. The molecule has 4 nitrogen and oxygen atoms in total. The standard InChI is InChI=1S/C25H20ClNO3/c26-18-8-12-20-17(13-18)14-23(25(28)16-5-9-19(10-6-16)27(29)30)24-21-4-2-1-3-15(21)7-11-22(20)24/h5-13,23H,1-4,14H2. The predicted octanol–water partition coefficient (Wildman–Crippen LogP) is 6.32. The van der Waals surface area contributed by atoms with Crippen LogP contribution in [0.1, 0.15) is 51.4 Å². The largest absolute Gasteiger partial charge is 0.293 e. The van der Waals surface area contributed by atoms with Crippen molar-refractivity contribution in [2.24, 2.45) is 0 Å². The minimum Gasteiger partial charge on any atom is -0.293 e. The maximum Gasteiger partial charge on any atom is 0.269 e. The van der Waals surface area contributed by atoms with Gasteiger partial charge >= 0.3 is 0 Å². The molecule has 5 rings (SSSR count). The number of Topliss-reactive ketones (excluding diaryl/α,β-unsaturated/α-hetero) is 1. The first-order valence-corrected chi connectivity index (χ1v) is 10.6. The molecular weight excluding hydrogens is 398 g/mol. The van der Waals surface area contributed by atoms with E-state index in [1.165, 1.54) is 29.7 Å². The number of fused-ring (bicyclic) bond motifs is 5. The van der Waals surface area contributed by atoms with Gasteiger partial charge in [-0.2, -0.15) is 0 Å². The number of carbonyl (C=O) groups excluding carboxylic acids is 1. The number of halogens is 1. The van der Waals surface area contributed by atoms with E-state index >= 15 is 0 Å². The first kappa shape index (κ1) is 19.0. The molecular formula is C25H20ClNO3. The van der Waals surface area contributed by atoms with Gasteiger partial charge in [-0.1, -0.05) is 29.8 Å². The maximum absolute atomic E-state index is 13.6. The Hall–Kier alpha value is -2.98. The van der Waals surface area contributed by atoms with Crippen LogP contribution < -0.4 is 0 Å². The fourth-order valence-corrected chi connectivity index (χ4v) is 5.17. The number of benzene rings is 3. The van der Waals surface area contributed by atoms with Gasteiger partial charge in [0.25, 0.3) is 5.69 Å². The third-order valence-electron chi connectivity index (χ3n) is 6.39. The molecule has 0 aromatic heterocycles. The second-order valence-corrected chi connectivity index (χ2v) is 8.53. The third kappa shape index (κ3) is 3.12. The van der Waals surface area contributed by atoms with E-state index in [2.05, 4.69) is 18.2 Å². The zero-order valence-electron chi connectivity index (χ0n) is 16.4. The molecule has 2 aliphatic carbocycles. The van der Waals surface area contributed by atoms with Gasteiger partial charge in [-0.25, -0.2) is 0 Å². The van der Waals surface area contributed by atoms with E-state index < -0.39 is 4.92 Å². The van der Waals surface area contributed by atoms with Crippen molar-refractivity contribution in [2.75, 3.05) is 0 Å². The Kier molecular flexibility index (Phi) is 4.67. The number of nitro groups is 1. The van der Waals surface area contributed by atoms with E-state index in [9.17, 15) is 14.9 Å². The molecule has 30 heavy (non-hydrogen) atoms. The summed E-state index contributed by atoms with van der Waals surface area (Å²) in [7, 11) is 0. The normalized spacial score (nSPS) is 16.9. The fraction of sp³-hybridized carbons (Fsp3) is 0.240. The van der Waals surface area contributed by atoms with Crippen LogP contribution in [0.2, 0.25) is 5.02 Å². The topological polar surface area (TPSA) is 60.2 Å². The minimum atomic E-state index is -0.446. The summed E-state index contributed by atoms with van der Waals surface area (Å²) in [6, 6.07) is 16.2. The quantitative estimate of drug-likeness (QED) is 0.284. The van der Waals surface area contributed by atoms with Crippen LogP contribution in [-0.2, 0) is 19.3 Å². The van der Waals surface area contributed by atoms with Crippen LogP contribution in [0, 0.1) is 10.1 Å². The summed E-state index contributed by atoms with van der Waals surface area (Å²) in [5.74, 6) is -0.295. The lowest BCUT2D eigenvalue weighted by Crippen LogP contribution is -2.23. The Balaban J connectivity index is 1.66. The molecule has 0 fully saturated rings. The van der Waals surface area contributed by atoms with Gasteiger partial charge in [0.2, 0.25) is 0 Å². The summed E-state index contributed by atoms with van der Waals surface area (Å²) in [5.41, 5.74) is 7.65. The summed E-state index contributed by atoms with van der Waals surface area (Å²) < 4.78 is 0. The first-order valence-electron chi connectivity index (χ1n) is 10.2. The van der Waals surface area contributed by atoms with Gasteiger partial charge in [-0.05, 0) is 89.8 Å². The molecule has 0 saturated heterocycles. The third-order valence-corrected chi connectivity index (χ3v) is 6.62. The Morgan fingerprint density at radius 3 is 2.43 bits per heavy atom. The molecule has 3 aromatic rings. The Morgan fingerprint density at radius 2 is 1.67 bits per heavy atom. The van der Waals surface area contributed by atoms with Gasteiger partial charge in [0.1, 0.15) is 0 Å². The van der Waals surface area contributed by atoms with Crippen molar-refractivity contribution in [1.82, 2.24) is 0 Å². The van der Waals surface area contributed by atoms with Crippen molar-refractivity contribution < 1.29 is 9.72 Å². The number of aryl methyl sites for hydroxylation is 1. The fourth-order valence-electron chi connectivity index (χ4n) is 4.98. The second kappa shape index (κ2) is 7.37. The minimum absolute atomic E-state index is 0.00917. The number of hydrogen-bond donors (Lipinski definition) is 0. The molecule has 1 atom stereocenters. The molecule has 0 amide bonds. The van der Waals surface area contributed by atoms with E-state index in [1.807, 2.05) is 12.1 Å². The molecule has 1 unspecified atom stereocenters. The molecule has 0 radical (unpaired) electrons. The van der Waals surface area contributed by atoms with Gasteiger partial charge < -0.3 is 0 Å². The molecule has 0 spiro atoms. The van der Waals surface area contributed by atoms with Crippen LogP contribution >= 0.6 is 11.6 Å². The molecule has 3 aromatic carbocycles. The van der Waals surface area contributed by atoms with E-state index in [-0.39, 0.29) is 17.4 Å². The second-order valence-electron chi connectivity index (χ2n) is 8.10. The van der Waals surface area contributed by atoms with Crippen LogP contribution in [0.15, 0.2) is 54.6 Å². The number of nitro benzene ring substituents is 1. The highest BCUT2D eigenvalue weighted by atomic mass is 35.5. The first-order chi connectivity index (χ1) is 14.5. The lowest BCUT2D eigenvalue weighted by Gasteiger charge is -2.32. The van der Waals surface area contributed by atoms with Crippen LogP contribution in [-0.4, -0.2) is 10.7 Å². The van der Waals surface area contributed by atoms with Crippen molar-refractivity contribution >= 4 is 23.1 Å². The van der Waals surface area contributed by atoms with Crippen molar-refractivity contribution in [1.29, 1.82) is 0 Å². The molecule has 0 bridgehead atoms. The Bertz CT molecular complexity index is 1180. The number of nitrogens with zero attached hydrogens (tertiary/aromatic N) is 1.